The summed E-state index contributed by atoms with van der Waals surface area (Å²) in [6.45, 7) is 1.14. The zero-order chi connectivity index (χ0) is 12.8. The molecule has 0 N–H and O–H groups in total. The summed E-state index contributed by atoms with van der Waals surface area (Å²) in [5.74, 6) is 0.838. The van der Waals surface area contributed by atoms with Crippen molar-refractivity contribution >= 4 is 15.9 Å². The van der Waals surface area contributed by atoms with E-state index in [0.717, 1.165) is 21.3 Å². The smallest absolute Gasteiger partial charge is 0.120 e. The molecule has 18 heavy (non-hydrogen) atoms. The lowest BCUT2D eigenvalue weighted by molar-refractivity contribution is 0.146. The summed E-state index contributed by atoms with van der Waals surface area (Å²) in [4.78, 5) is 4.16. The van der Waals surface area contributed by atoms with Crippen molar-refractivity contribution in [1.82, 2.24) is 4.98 Å². The van der Waals surface area contributed by atoms with Crippen LogP contribution in [0.1, 0.15) is 0 Å². The van der Waals surface area contributed by atoms with E-state index in [0.29, 0.717) is 13.2 Å². The number of nitrogens with zero attached hydrogens (tertiary/aromatic N) is 1. The van der Waals surface area contributed by atoms with E-state index in [1.54, 1.807) is 13.3 Å². The molecular formula is C14H14BrNO2. The monoisotopic (exact) mass is 307 g/mol. The molecule has 0 unspecified atom stereocenters. The number of ether oxygens (including phenoxy) is 2. The van der Waals surface area contributed by atoms with Gasteiger partial charge in [0, 0.05) is 29.5 Å². The van der Waals surface area contributed by atoms with Gasteiger partial charge < -0.3 is 9.47 Å². The van der Waals surface area contributed by atoms with Crippen LogP contribution in [0.3, 0.4) is 0 Å². The number of pyridine rings is 1. The second kappa shape index (κ2) is 6.52. The normalized spacial score (nSPS) is 10.3. The summed E-state index contributed by atoms with van der Waals surface area (Å²) in [6, 6.07) is 9.97. The first-order valence-corrected chi connectivity index (χ1v) is 6.41. The van der Waals surface area contributed by atoms with Crippen LogP contribution in [0.2, 0.25) is 0 Å². The Morgan fingerprint density at radius 2 is 2.00 bits per heavy atom. The molecule has 94 valence electrons. The summed E-state index contributed by atoms with van der Waals surface area (Å²) in [7, 11) is 1.66. The third kappa shape index (κ3) is 3.55. The van der Waals surface area contributed by atoms with Gasteiger partial charge in [-0.3, -0.25) is 4.98 Å². The van der Waals surface area contributed by atoms with Crippen molar-refractivity contribution in [3.05, 3.63) is 47.2 Å². The third-order valence-electron chi connectivity index (χ3n) is 2.43. The van der Waals surface area contributed by atoms with E-state index in [4.69, 9.17) is 9.47 Å². The van der Waals surface area contributed by atoms with Gasteiger partial charge in [-0.05, 0) is 39.7 Å². The fourth-order valence-corrected chi connectivity index (χ4v) is 1.94. The van der Waals surface area contributed by atoms with E-state index in [2.05, 4.69) is 20.9 Å². The second-order valence-electron chi connectivity index (χ2n) is 3.76. The summed E-state index contributed by atoms with van der Waals surface area (Å²) >= 11 is 3.42. The number of hydrogen-bond acceptors (Lipinski definition) is 3. The van der Waals surface area contributed by atoms with Crippen LogP contribution in [0.25, 0.3) is 11.1 Å². The Labute approximate surface area is 115 Å². The molecule has 0 aliphatic rings. The summed E-state index contributed by atoms with van der Waals surface area (Å²) < 4.78 is 11.5. The van der Waals surface area contributed by atoms with E-state index >= 15 is 0 Å². The molecule has 0 fully saturated rings. The predicted octanol–water partition coefficient (Wildman–Crippen LogP) is 3.54. The quantitative estimate of drug-likeness (QED) is 0.792. The molecule has 4 heteroatoms. The molecule has 1 aromatic carbocycles. The van der Waals surface area contributed by atoms with Crippen molar-refractivity contribution in [1.29, 1.82) is 0 Å². The van der Waals surface area contributed by atoms with Crippen molar-refractivity contribution in [2.24, 2.45) is 0 Å². The molecule has 0 saturated carbocycles. The van der Waals surface area contributed by atoms with Crippen molar-refractivity contribution in [3.63, 3.8) is 0 Å². The van der Waals surface area contributed by atoms with E-state index in [9.17, 15) is 0 Å². The third-order valence-corrected chi connectivity index (χ3v) is 2.86. The van der Waals surface area contributed by atoms with Crippen molar-refractivity contribution in [2.45, 2.75) is 0 Å². The van der Waals surface area contributed by atoms with Gasteiger partial charge in [0.2, 0.25) is 0 Å². The van der Waals surface area contributed by atoms with Crippen molar-refractivity contribution in [2.75, 3.05) is 20.3 Å². The van der Waals surface area contributed by atoms with Gasteiger partial charge in [-0.15, -0.1) is 0 Å². The largest absolute Gasteiger partial charge is 0.491 e. The van der Waals surface area contributed by atoms with Crippen LogP contribution < -0.4 is 4.74 Å². The van der Waals surface area contributed by atoms with Gasteiger partial charge in [-0.25, -0.2) is 0 Å². The Kier molecular flexibility index (Phi) is 4.73. The Bertz CT molecular complexity index is 517. The van der Waals surface area contributed by atoms with Gasteiger partial charge in [0.05, 0.1) is 6.61 Å². The maximum absolute atomic E-state index is 5.58. The molecule has 2 aromatic rings. The fraction of sp³-hybridized carbons (Fsp3) is 0.214. The molecule has 0 bridgehead atoms. The topological polar surface area (TPSA) is 31.4 Å². The Morgan fingerprint density at radius 1 is 1.11 bits per heavy atom. The number of aromatic nitrogens is 1. The minimum absolute atomic E-state index is 0.552. The summed E-state index contributed by atoms with van der Waals surface area (Å²) in [5, 5.41) is 0. The number of benzene rings is 1. The van der Waals surface area contributed by atoms with Crippen LogP contribution >= 0.6 is 15.9 Å². The molecule has 3 nitrogen and oxygen atoms in total. The lowest BCUT2D eigenvalue weighted by atomic mass is 10.1. The maximum atomic E-state index is 5.58. The van der Waals surface area contributed by atoms with Gasteiger partial charge in [0.15, 0.2) is 0 Å². The molecule has 2 rings (SSSR count). The molecular weight excluding hydrogens is 294 g/mol. The molecule has 0 spiro atoms. The van der Waals surface area contributed by atoms with Gasteiger partial charge in [-0.1, -0.05) is 12.1 Å². The summed E-state index contributed by atoms with van der Waals surface area (Å²) in [5.41, 5.74) is 2.14. The number of halogens is 1. The molecule has 0 radical (unpaired) electrons. The van der Waals surface area contributed by atoms with Crippen LogP contribution in [0.15, 0.2) is 47.2 Å². The number of methoxy groups -OCH3 is 1. The lowest BCUT2D eigenvalue weighted by Crippen LogP contribution is -2.04. The van der Waals surface area contributed by atoms with Gasteiger partial charge in [0.1, 0.15) is 12.4 Å². The maximum Gasteiger partial charge on any atom is 0.120 e. The molecule has 1 aromatic heterocycles. The van der Waals surface area contributed by atoms with Crippen LogP contribution in [0, 0.1) is 0 Å². The first-order chi connectivity index (χ1) is 8.79. The molecule has 0 saturated heterocycles. The molecule has 0 aliphatic heterocycles. The van der Waals surface area contributed by atoms with Crippen LogP contribution in [0.5, 0.6) is 5.75 Å². The van der Waals surface area contributed by atoms with E-state index in [-0.39, 0.29) is 0 Å². The highest BCUT2D eigenvalue weighted by atomic mass is 79.9. The van der Waals surface area contributed by atoms with E-state index < -0.39 is 0 Å². The first kappa shape index (κ1) is 13.1. The minimum atomic E-state index is 0.552. The number of rotatable bonds is 5. The van der Waals surface area contributed by atoms with Gasteiger partial charge in [0.25, 0.3) is 0 Å². The molecule has 0 amide bonds. The fourth-order valence-electron chi connectivity index (χ4n) is 1.58. The van der Waals surface area contributed by atoms with Crippen molar-refractivity contribution < 1.29 is 9.47 Å². The molecule has 0 atom stereocenters. The Balaban J connectivity index is 2.16. The minimum Gasteiger partial charge on any atom is -0.491 e. The van der Waals surface area contributed by atoms with Crippen molar-refractivity contribution in [3.8, 4) is 16.9 Å². The SMILES string of the molecule is COCCOc1cccc(-c2cncc(Br)c2)c1. The lowest BCUT2D eigenvalue weighted by Gasteiger charge is -2.07. The Hall–Kier alpha value is -1.39. The van der Waals surface area contributed by atoms with Crippen LogP contribution in [-0.4, -0.2) is 25.3 Å². The molecule has 0 aliphatic carbocycles. The highest BCUT2D eigenvalue weighted by Crippen LogP contribution is 2.25. The van der Waals surface area contributed by atoms with E-state index in [1.165, 1.54) is 0 Å². The average Bonchev–Trinajstić information content (AvgIpc) is 2.39. The predicted molar refractivity (Wildman–Crippen MR) is 74.7 cm³/mol. The van der Waals surface area contributed by atoms with Gasteiger partial charge >= 0.3 is 0 Å². The highest BCUT2D eigenvalue weighted by molar-refractivity contribution is 9.10. The van der Waals surface area contributed by atoms with Crippen LogP contribution in [-0.2, 0) is 4.74 Å². The zero-order valence-corrected chi connectivity index (χ0v) is 11.7. The number of hydrogen-bond donors (Lipinski definition) is 0. The highest BCUT2D eigenvalue weighted by Gasteiger charge is 2.01. The first-order valence-electron chi connectivity index (χ1n) is 5.62. The standard InChI is InChI=1S/C14H14BrNO2/c1-17-5-6-18-14-4-2-3-11(8-14)12-7-13(15)10-16-9-12/h2-4,7-10H,5-6H2,1H3. The summed E-state index contributed by atoms with van der Waals surface area (Å²) in [6.07, 6.45) is 3.60. The van der Waals surface area contributed by atoms with Crippen LogP contribution in [0.4, 0.5) is 0 Å². The van der Waals surface area contributed by atoms with Gasteiger partial charge in [-0.2, -0.15) is 0 Å². The molecule has 1 heterocycles. The second-order valence-corrected chi connectivity index (χ2v) is 4.68. The van der Waals surface area contributed by atoms with E-state index in [1.807, 2.05) is 36.5 Å². The Morgan fingerprint density at radius 3 is 2.78 bits per heavy atom. The zero-order valence-electron chi connectivity index (χ0n) is 10.1. The average molecular weight is 308 g/mol.